The molecule has 3 rings (SSSR count). The fraction of sp³-hybridized carbons (Fsp3) is 0.364. The normalized spacial score (nSPS) is 11.0. The molecule has 3 aromatic rings. The molecule has 176 valence electrons. The molecule has 0 spiro atoms. The van der Waals surface area contributed by atoms with Gasteiger partial charge >= 0.3 is 0 Å². The van der Waals surface area contributed by atoms with Gasteiger partial charge in [-0.15, -0.1) is 0 Å². The molecule has 0 fully saturated rings. The summed E-state index contributed by atoms with van der Waals surface area (Å²) in [5.74, 6) is 1.98. The molecule has 11 nitrogen and oxygen atoms in total. The Labute approximate surface area is 191 Å². The van der Waals surface area contributed by atoms with Crippen LogP contribution < -0.4 is 24.8 Å². The number of amides is 1. The molecule has 33 heavy (non-hydrogen) atoms. The second-order valence-corrected chi connectivity index (χ2v) is 6.83. The van der Waals surface area contributed by atoms with Crippen molar-refractivity contribution in [2.24, 2.45) is 0 Å². The minimum absolute atomic E-state index is 0.239. The Morgan fingerprint density at radius 2 is 1.82 bits per heavy atom. The number of hydrogen-bond acceptors (Lipinski definition) is 9. The predicted octanol–water partition coefficient (Wildman–Crippen LogP) is 1.74. The van der Waals surface area contributed by atoms with Crippen molar-refractivity contribution < 1.29 is 23.7 Å². The van der Waals surface area contributed by atoms with Gasteiger partial charge < -0.3 is 29.6 Å². The maximum absolute atomic E-state index is 12.3. The van der Waals surface area contributed by atoms with Crippen LogP contribution in [0.2, 0.25) is 0 Å². The first-order valence-corrected chi connectivity index (χ1v) is 10.3. The van der Waals surface area contributed by atoms with Crippen LogP contribution in [-0.2, 0) is 16.1 Å². The van der Waals surface area contributed by atoms with E-state index < -0.39 is 0 Å². The number of aromatic nitrogens is 4. The maximum Gasteiger partial charge on any atom is 0.244 e. The van der Waals surface area contributed by atoms with Gasteiger partial charge in [0.25, 0.3) is 0 Å². The molecule has 0 aliphatic carbocycles. The highest BCUT2D eigenvalue weighted by Gasteiger charge is 2.12. The monoisotopic (exact) mass is 456 g/mol. The van der Waals surface area contributed by atoms with Gasteiger partial charge in [-0.05, 0) is 23.8 Å². The Morgan fingerprint density at radius 3 is 2.48 bits per heavy atom. The van der Waals surface area contributed by atoms with E-state index in [1.165, 1.54) is 19.5 Å². The molecule has 0 bridgehead atoms. The molecule has 11 heteroatoms. The molecule has 1 aromatic carbocycles. The Balaban J connectivity index is 1.59. The second-order valence-electron chi connectivity index (χ2n) is 6.83. The highest BCUT2D eigenvalue weighted by molar-refractivity contribution is 5.92. The summed E-state index contributed by atoms with van der Waals surface area (Å²) in [6.45, 7) is 2.03. The molecule has 0 unspecified atom stereocenters. The van der Waals surface area contributed by atoms with E-state index in [0.717, 1.165) is 10.9 Å². The lowest BCUT2D eigenvalue weighted by Gasteiger charge is -2.12. The van der Waals surface area contributed by atoms with Gasteiger partial charge in [0.1, 0.15) is 12.1 Å². The van der Waals surface area contributed by atoms with Crippen LogP contribution in [0, 0.1) is 0 Å². The summed E-state index contributed by atoms with van der Waals surface area (Å²) in [6, 6.07) is 3.53. The third-order valence-electron chi connectivity index (χ3n) is 4.77. The number of carbonyl (C=O) groups excluding carboxylic acids is 1. The van der Waals surface area contributed by atoms with Crippen LogP contribution in [0.3, 0.4) is 0 Å². The topological polar surface area (TPSA) is 122 Å². The number of benzene rings is 1. The van der Waals surface area contributed by atoms with E-state index in [1.54, 1.807) is 50.4 Å². The highest BCUT2D eigenvalue weighted by atomic mass is 16.5. The van der Waals surface area contributed by atoms with Crippen molar-refractivity contribution in [2.75, 3.05) is 53.5 Å². The van der Waals surface area contributed by atoms with Crippen LogP contribution in [0.25, 0.3) is 17.1 Å². The highest BCUT2D eigenvalue weighted by Crippen LogP contribution is 2.38. The average Bonchev–Trinajstić information content (AvgIpc) is 3.26. The maximum atomic E-state index is 12.3. The van der Waals surface area contributed by atoms with Gasteiger partial charge in [-0.25, -0.2) is 14.6 Å². The van der Waals surface area contributed by atoms with Crippen molar-refractivity contribution in [3.05, 3.63) is 36.3 Å². The van der Waals surface area contributed by atoms with Gasteiger partial charge in [-0.2, -0.15) is 5.10 Å². The SMILES string of the molecule is COCCNc1ncnc2c1cnn2CCNC(=O)/C=C/c1cc(OC)c(OC)c(OC)c1. The van der Waals surface area contributed by atoms with Crippen molar-refractivity contribution in [2.45, 2.75) is 6.54 Å². The number of ether oxygens (including phenoxy) is 4. The molecule has 2 N–H and O–H groups in total. The Morgan fingerprint density at radius 1 is 1.06 bits per heavy atom. The van der Waals surface area contributed by atoms with Crippen LogP contribution in [0.1, 0.15) is 5.56 Å². The van der Waals surface area contributed by atoms with Crippen LogP contribution in [-0.4, -0.2) is 73.8 Å². The summed E-state index contributed by atoms with van der Waals surface area (Å²) >= 11 is 0. The molecule has 0 aliphatic rings. The fourth-order valence-electron chi connectivity index (χ4n) is 3.18. The van der Waals surface area contributed by atoms with E-state index in [0.29, 0.717) is 55.0 Å². The number of hydrogen-bond donors (Lipinski definition) is 2. The van der Waals surface area contributed by atoms with Crippen molar-refractivity contribution in [3.8, 4) is 17.2 Å². The van der Waals surface area contributed by atoms with E-state index in [9.17, 15) is 4.79 Å². The Hall–Kier alpha value is -3.86. The smallest absolute Gasteiger partial charge is 0.244 e. The van der Waals surface area contributed by atoms with Crippen molar-refractivity contribution in [1.29, 1.82) is 0 Å². The first kappa shape index (κ1) is 23.8. The van der Waals surface area contributed by atoms with Crippen molar-refractivity contribution in [3.63, 3.8) is 0 Å². The Bertz CT molecular complexity index is 1090. The summed E-state index contributed by atoms with van der Waals surface area (Å²) in [4.78, 5) is 20.8. The van der Waals surface area contributed by atoms with Gasteiger partial charge in [0.15, 0.2) is 17.1 Å². The second kappa shape index (κ2) is 11.7. The third kappa shape index (κ3) is 5.89. The molecule has 0 aliphatic heterocycles. The lowest BCUT2D eigenvalue weighted by atomic mass is 10.1. The molecule has 2 aromatic heterocycles. The quantitative estimate of drug-likeness (QED) is 0.310. The number of methoxy groups -OCH3 is 4. The minimum atomic E-state index is -0.239. The van der Waals surface area contributed by atoms with Gasteiger partial charge in [-0.3, -0.25) is 4.79 Å². The molecule has 0 saturated heterocycles. The number of anilines is 1. The van der Waals surface area contributed by atoms with Crippen LogP contribution in [0.5, 0.6) is 17.2 Å². The zero-order chi connectivity index (χ0) is 23.6. The largest absolute Gasteiger partial charge is 0.493 e. The van der Waals surface area contributed by atoms with Crippen LogP contribution in [0.4, 0.5) is 5.82 Å². The summed E-state index contributed by atoms with van der Waals surface area (Å²) in [6.07, 6.45) is 6.31. The van der Waals surface area contributed by atoms with E-state index >= 15 is 0 Å². The zero-order valence-electron chi connectivity index (χ0n) is 19.1. The zero-order valence-corrected chi connectivity index (χ0v) is 19.1. The van der Waals surface area contributed by atoms with E-state index in [2.05, 4.69) is 25.7 Å². The lowest BCUT2D eigenvalue weighted by molar-refractivity contribution is -0.116. The van der Waals surface area contributed by atoms with Gasteiger partial charge in [-0.1, -0.05) is 0 Å². The minimum Gasteiger partial charge on any atom is -0.493 e. The van der Waals surface area contributed by atoms with E-state index in [-0.39, 0.29) is 5.91 Å². The summed E-state index contributed by atoms with van der Waals surface area (Å²) in [5, 5.41) is 11.2. The average molecular weight is 457 g/mol. The standard InChI is InChI=1S/C22H28N6O5/c1-30-10-8-24-21-16-13-27-28(22(16)26-14-25-21)9-7-23-19(29)6-5-15-11-17(31-2)20(33-4)18(12-15)32-3/h5-6,11-14H,7-10H2,1-4H3,(H,23,29)(H,24,25,26)/b6-5+. The first-order chi connectivity index (χ1) is 16.1. The Kier molecular flexibility index (Phi) is 8.42. The summed E-state index contributed by atoms with van der Waals surface area (Å²) in [5.41, 5.74) is 1.43. The third-order valence-corrected chi connectivity index (χ3v) is 4.77. The van der Waals surface area contributed by atoms with Crippen LogP contribution >= 0.6 is 0 Å². The fourth-order valence-corrected chi connectivity index (χ4v) is 3.18. The molecule has 1 amide bonds. The van der Waals surface area contributed by atoms with Gasteiger partial charge in [0.05, 0.1) is 46.1 Å². The predicted molar refractivity (Wildman–Crippen MR) is 124 cm³/mol. The molecule has 0 saturated carbocycles. The van der Waals surface area contributed by atoms with Crippen molar-refractivity contribution in [1.82, 2.24) is 25.1 Å². The van der Waals surface area contributed by atoms with Gasteiger partial charge in [0.2, 0.25) is 11.7 Å². The number of carbonyl (C=O) groups is 1. The number of nitrogens with zero attached hydrogens (tertiary/aromatic N) is 4. The van der Waals surface area contributed by atoms with Crippen LogP contribution in [0.15, 0.2) is 30.7 Å². The van der Waals surface area contributed by atoms with Gasteiger partial charge in [0, 0.05) is 26.3 Å². The number of fused-ring (bicyclic) bond motifs is 1. The molecule has 0 atom stereocenters. The summed E-state index contributed by atoms with van der Waals surface area (Å²) < 4.78 is 22.7. The number of rotatable bonds is 12. The van der Waals surface area contributed by atoms with E-state index in [1.807, 2.05) is 0 Å². The molecule has 2 heterocycles. The summed E-state index contributed by atoms with van der Waals surface area (Å²) in [7, 11) is 6.26. The molecular weight excluding hydrogens is 428 g/mol. The number of nitrogens with one attached hydrogen (secondary N) is 2. The molecular formula is C22H28N6O5. The first-order valence-electron chi connectivity index (χ1n) is 10.3. The van der Waals surface area contributed by atoms with Crippen molar-refractivity contribution >= 4 is 28.8 Å². The molecule has 0 radical (unpaired) electrons. The lowest BCUT2D eigenvalue weighted by Crippen LogP contribution is -2.25. The van der Waals surface area contributed by atoms with E-state index in [4.69, 9.17) is 18.9 Å².